The fraction of sp³-hybridized carbons (Fsp3) is 0.625. The first-order valence-corrected chi connectivity index (χ1v) is 10.1. The zero-order valence-corrected chi connectivity index (χ0v) is 14.8. The molecule has 0 radical (unpaired) electrons. The molecule has 23 heavy (non-hydrogen) atoms. The Hall–Kier alpha value is -0.990. The van der Waals surface area contributed by atoms with E-state index >= 15 is 0 Å². The van der Waals surface area contributed by atoms with E-state index < -0.39 is 10.0 Å². The van der Waals surface area contributed by atoms with Crippen LogP contribution in [-0.2, 0) is 10.0 Å². The number of hydrogen-bond acceptors (Lipinski definition) is 5. The zero-order valence-electron chi connectivity index (χ0n) is 14.0. The Kier molecular flexibility index (Phi) is 6.98. The van der Waals surface area contributed by atoms with Gasteiger partial charge in [0.25, 0.3) is 0 Å². The molecule has 0 saturated carbocycles. The summed E-state index contributed by atoms with van der Waals surface area (Å²) in [6, 6.07) is 10.7. The van der Waals surface area contributed by atoms with Crippen molar-refractivity contribution in [1.29, 1.82) is 0 Å². The van der Waals surface area contributed by atoms with Crippen molar-refractivity contribution in [2.24, 2.45) is 5.92 Å². The highest BCUT2D eigenvalue weighted by Gasteiger charge is 2.27. The minimum absolute atomic E-state index is 0.312. The highest BCUT2D eigenvalue weighted by molar-refractivity contribution is 7.88. The summed E-state index contributed by atoms with van der Waals surface area (Å²) in [6.45, 7) is 5.64. The molecule has 1 saturated heterocycles. The molecule has 7 heteroatoms. The Balaban J connectivity index is 1.72. The summed E-state index contributed by atoms with van der Waals surface area (Å²) in [6.07, 6.45) is 2.09. The molecule has 6 nitrogen and oxygen atoms in total. The summed E-state index contributed by atoms with van der Waals surface area (Å²) in [7, 11) is -3.08. The van der Waals surface area contributed by atoms with Gasteiger partial charge >= 0.3 is 0 Å². The third-order valence-electron chi connectivity index (χ3n) is 4.24. The molecule has 130 valence electrons. The molecule has 1 aromatic carbocycles. The molecule has 2 atom stereocenters. The summed E-state index contributed by atoms with van der Waals surface area (Å²) >= 11 is 0. The lowest BCUT2D eigenvalue weighted by atomic mass is 9.95. The number of hydrazine groups is 1. The van der Waals surface area contributed by atoms with Crippen LogP contribution in [0.4, 0.5) is 0 Å². The van der Waals surface area contributed by atoms with Crippen LogP contribution in [0.2, 0.25) is 0 Å². The van der Waals surface area contributed by atoms with Crippen molar-refractivity contribution in [1.82, 2.24) is 20.5 Å². The fourth-order valence-corrected chi connectivity index (χ4v) is 3.90. The third-order valence-corrected chi connectivity index (χ3v) is 5.62. The van der Waals surface area contributed by atoms with E-state index in [-0.39, 0.29) is 0 Å². The molecular formula is C16H28N4O2S. The summed E-state index contributed by atoms with van der Waals surface area (Å²) in [5, 5.41) is 3.46. The number of benzene rings is 1. The van der Waals surface area contributed by atoms with Crippen LogP contribution < -0.4 is 16.2 Å². The topological polar surface area (TPSA) is 73.5 Å². The maximum atomic E-state index is 11.5. The second kappa shape index (κ2) is 8.75. The highest BCUT2D eigenvalue weighted by atomic mass is 32.2. The normalized spacial score (nSPS) is 21.9. The van der Waals surface area contributed by atoms with E-state index in [2.05, 4.69) is 40.4 Å². The maximum absolute atomic E-state index is 11.5. The van der Waals surface area contributed by atoms with Gasteiger partial charge in [-0.1, -0.05) is 37.3 Å². The van der Waals surface area contributed by atoms with Crippen LogP contribution in [0.25, 0.3) is 0 Å². The summed E-state index contributed by atoms with van der Waals surface area (Å²) < 4.78 is 24.6. The molecule has 0 aliphatic carbocycles. The third kappa shape index (κ3) is 5.54. The standard InChI is InChI=1S/C16H28N4O2S/c1-3-20(23(2,21)22)11-7-10-17-12-15-13-18-19-16(15)14-8-5-4-6-9-14/h4-6,8-9,15-19H,3,7,10-13H2,1-2H3. The molecule has 1 heterocycles. The van der Waals surface area contributed by atoms with Gasteiger partial charge in [-0.05, 0) is 18.5 Å². The van der Waals surface area contributed by atoms with Gasteiger partial charge in [-0.2, -0.15) is 0 Å². The van der Waals surface area contributed by atoms with Gasteiger partial charge in [0.2, 0.25) is 10.0 Å². The van der Waals surface area contributed by atoms with Crippen molar-refractivity contribution in [2.45, 2.75) is 19.4 Å². The summed E-state index contributed by atoms with van der Waals surface area (Å²) in [4.78, 5) is 0. The number of nitrogens with zero attached hydrogens (tertiary/aromatic N) is 1. The van der Waals surface area contributed by atoms with E-state index in [0.29, 0.717) is 25.0 Å². The van der Waals surface area contributed by atoms with Gasteiger partial charge in [0.15, 0.2) is 0 Å². The van der Waals surface area contributed by atoms with Crippen molar-refractivity contribution >= 4 is 10.0 Å². The SMILES string of the molecule is CCN(CCCNCC1CNNC1c1ccccc1)S(C)(=O)=O. The maximum Gasteiger partial charge on any atom is 0.211 e. The molecule has 2 rings (SSSR count). The highest BCUT2D eigenvalue weighted by Crippen LogP contribution is 2.23. The predicted octanol–water partition coefficient (Wildman–Crippen LogP) is 0.713. The molecule has 0 aromatic heterocycles. The first kappa shape index (κ1) is 18.4. The molecular weight excluding hydrogens is 312 g/mol. The lowest BCUT2D eigenvalue weighted by molar-refractivity contribution is 0.404. The average Bonchev–Trinajstić information content (AvgIpc) is 2.99. The summed E-state index contributed by atoms with van der Waals surface area (Å²) in [5.74, 6) is 0.481. The second-order valence-corrected chi connectivity index (χ2v) is 7.97. The van der Waals surface area contributed by atoms with Gasteiger partial charge in [0.1, 0.15) is 0 Å². The van der Waals surface area contributed by atoms with Crippen LogP contribution in [0.5, 0.6) is 0 Å². The molecule has 1 aromatic rings. The Morgan fingerprint density at radius 3 is 2.70 bits per heavy atom. The molecule has 0 spiro atoms. The quantitative estimate of drug-likeness (QED) is 0.578. The van der Waals surface area contributed by atoms with Crippen LogP contribution in [-0.4, -0.2) is 51.7 Å². The lowest BCUT2D eigenvalue weighted by Gasteiger charge is -2.20. The smallest absolute Gasteiger partial charge is 0.211 e. The van der Waals surface area contributed by atoms with Gasteiger partial charge in [0, 0.05) is 32.1 Å². The average molecular weight is 340 g/mol. The van der Waals surface area contributed by atoms with Crippen LogP contribution in [0, 0.1) is 5.92 Å². The molecule has 3 N–H and O–H groups in total. The van der Waals surface area contributed by atoms with Crippen molar-refractivity contribution in [3.8, 4) is 0 Å². The van der Waals surface area contributed by atoms with E-state index in [1.807, 2.05) is 13.0 Å². The lowest BCUT2D eigenvalue weighted by Crippen LogP contribution is -2.34. The zero-order chi connectivity index (χ0) is 16.7. The van der Waals surface area contributed by atoms with E-state index in [1.165, 1.54) is 16.1 Å². The van der Waals surface area contributed by atoms with Crippen LogP contribution in [0.15, 0.2) is 30.3 Å². The first-order valence-electron chi connectivity index (χ1n) is 8.21. The molecule has 1 aliphatic rings. The Morgan fingerprint density at radius 1 is 1.30 bits per heavy atom. The van der Waals surface area contributed by atoms with E-state index in [0.717, 1.165) is 26.1 Å². The Morgan fingerprint density at radius 2 is 2.04 bits per heavy atom. The van der Waals surface area contributed by atoms with Gasteiger partial charge in [-0.15, -0.1) is 0 Å². The first-order chi connectivity index (χ1) is 11.0. The minimum atomic E-state index is -3.08. The number of nitrogens with one attached hydrogen (secondary N) is 3. The van der Waals surface area contributed by atoms with Gasteiger partial charge in [-0.25, -0.2) is 18.1 Å². The minimum Gasteiger partial charge on any atom is -0.316 e. The monoisotopic (exact) mass is 340 g/mol. The molecule has 1 fully saturated rings. The molecule has 0 amide bonds. The van der Waals surface area contributed by atoms with E-state index in [4.69, 9.17) is 0 Å². The molecule has 1 aliphatic heterocycles. The van der Waals surface area contributed by atoms with Gasteiger partial charge in [0.05, 0.1) is 12.3 Å². The van der Waals surface area contributed by atoms with Gasteiger partial charge < -0.3 is 5.32 Å². The Bertz CT molecular complexity index is 565. The van der Waals surface area contributed by atoms with Crippen LogP contribution >= 0.6 is 0 Å². The second-order valence-electron chi connectivity index (χ2n) is 5.99. The number of rotatable bonds is 9. The van der Waals surface area contributed by atoms with Crippen LogP contribution in [0.1, 0.15) is 24.9 Å². The largest absolute Gasteiger partial charge is 0.316 e. The number of hydrogen-bond donors (Lipinski definition) is 3. The predicted molar refractivity (Wildman–Crippen MR) is 93.4 cm³/mol. The van der Waals surface area contributed by atoms with Crippen molar-refractivity contribution in [3.63, 3.8) is 0 Å². The molecule has 0 bridgehead atoms. The van der Waals surface area contributed by atoms with Crippen LogP contribution in [0.3, 0.4) is 0 Å². The molecule has 2 unspecified atom stereocenters. The summed E-state index contributed by atoms with van der Waals surface area (Å²) in [5.41, 5.74) is 7.86. The Labute approximate surface area is 139 Å². The van der Waals surface area contributed by atoms with E-state index in [9.17, 15) is 8.42 Å². The van der Waals surface area contributed by atoms with Crippen molar-refractivity contribution in [3.05, 3.63) is 35.9 Å². The number of sulfonamides is 1. The fourth-order valence-electron chi connectivity index (χ4n) is 2.97. The van der Waals surface area contributed by atoms with E-state index in [1.54, 1.807) is 0 Å². The van der Waals surface area contributed by atoms with Crippen molar-refractivity contribution < 1.29 is 8.42 Å². The van der Waals surface area contributed by atoms with Gasteiger partial charge in [-0.3, -0.25) is 5.43 Å². The van der Waals surface area contributed by atoms with Crippen molar-refractivity contribution in [2.75, 3.05) is 39.0 Å².